The summed E-state index contributed by atoms with van der Waals surface area (Å²) in [5.74, 6) is 0. The van der Waals surface area contributed by atoms with E-state index in [4.69, 9.17) is 4.74 Å². The Hall–Kier alpha value is -0.870. The van der Waals surface area contributed by atoms with Crippen LogP contribution in [-0.4, -0.2) is 30.0 Å². The van der Waals surface area contributed by atoms with Gasteiger partial charge in [-0.3, -0.25) is 4.68 Å². The third-order valence-electron chi connectivity index (χ3n) is 2.35. The minimum absolute atomic E-state index is 0.0638. The van der Waals surface area contributed by atoms with E-state index in [1.54, 1.807) is 7.11 Å². The fourth-order valence-corrected chi connectivity index (χ4v) is 1.39. The predicted octanol–water partition coefficient (Wildman–Crippen LogP) is 1.76. The highest BCUT2D eigenvalue weighted by molar-refractivity contribution is 5.04. The van der Waals surface area contributed by atoms with Crippen molar-refractivity contribution in [3.05, 3.63) is 18.0 Å². The summed E-state index contributed by atoms with van der Waals surface area (Å²) in [6, 6.07) is 0. The smallest absolute Gasteiger partial charge is 0.0543 e. The number of hydrogen-bond acceptors (Lipinski definition) is 3. The van der Waals surface area contributed by atoms with Crippen molar-refractivity contribution in [3.8, 4) is 0 Å². The second kappa shape index (κ2) is 6.01. The first-order valence-electron chi connectivity index (χ1n) is 5.77. The van der Waals surface area contributed by atoms with Crippen LogP contribution < -0.4 is 5.32 Å². The van der Waals surface area contributed by atoms with E-state index in [-0.39, 0.29) is 5.54 Å². The quantitative estimate of drug-likeness (QED) is 0.750. The van der Waals surface area contributed by atoms with Gasteiger partial charge in [-0.2, -0.15) is 5.10 Å². The Bertz CT molecular complexity index is 301. The number of aromatic nitrogens is 2. The molecule has 0 aromatic carbocycles. The van der Waals surface area contributed by atoms with Gasteiger partial charge >= 0.3 is 0 Å². The largest absolute Gasteiger partial charge is 0.385 e. The number of nitrogens with zero attached hydrogens (tertiary/aromatic N) is 2. The highest BCUT2D eigenvalue weighted by atomic mass is 16.5. The number of methoxy groups -OCH3 is 1. The molecule has 1 aromatic rings. The van der Waals surface area contributed by atoms with E-state index in [2.05, 4.69) is 37.4 Å². The van der Waals surface area contributed by atoms with E-state index in [0.717, 1.165) is 26.1 Å². The molecule has 0 spiro atoms. The van der Waals surface area contributed by atoms with E-state index >= 15 is 0 Å². The van der Waals surface area contributed by atoms with Crippen LogP contribution in [0.25, 0.3) is 0 Å². The van der Waals surface area contributed by atoms with E-state index in [0.29, 0.717) is 0 Å². The molecule has 0 aliphatic rings. The Morgan fingerprint density at radius 3 is 2.75 bits per heavy atom. The first kappa shape index (κ1) is 13.2. The highest BCUT2D eigenvalue weighted by Gasteiger charge is 2.13. The van der Waals surface area contributed by atoms with Gasteiger partial charge in [-0.25, -0.2) is 0 Å². The molecule has 0 atom stereocenters. The van der Waals surface area contributed by atoms with Crippen LogP contribution in [0.5, 0.6) is 0 Å². The molecule has 1 heterocycles. The van der Waals surface area contributed by atoms with Crippen LogP contribution >= 0.6 is 0 Å². The average Bonchev–Trinajstić information content (AvgIpc) is 2.65. The molecule has 1 N–H and O–H groups in total. The number of ether oxygens (including phenoxy) is 1. The zero-order chi connectivity index (χ0) is 12.0. The van der Waals surface area contributed by atoms with Crippen molar-refractivity contribution in [1.82, 2.24) is 15.1 Å². The Morgan fingerprint density at radius 1 is 1.44 bits per heavy atom. The van der Waals surface area contributed by atoms with Crippen molar-refractivity contribution in [2.45, 2.75) is 39.3 Å². The molecule has 0 radical (unpaired) electrons. The summed E-state index contributed by atoms with van der Waals surface area (Å²) >= 11 is 0. The molecule has 92 valence electrons. The summed E-state index contributed by atoms with van der Waals surface area (Å²) in [7, 11) is 1.73. The number of hydrogen-bond donors (Lipinski definition) is 1. The van der Waals surface area contributed by atoms with Crippen LogP contribution in [0.4, 0.5) is 0 Å². The maximum atomic E-state index is 4.99. The molecule has 0 amide bonds. The molecule has 4 nitrogen and oxygen atoms in total. The van der Waals surface area contributed by atoms with Gasteiger partial charge in [0.25, 0.3) is 0 Å². The van der Waals surface area contributed by atoms with Gasteiger partial charge in [0.05, 0.1) is 11.7 Å². The van der Waals surface area contributed by atoms with Gasteiger partial charge in [0.1, 0.15) is 0 Å². The summed E-state index contributed by atoms with van der Waals surface area (Å²) in [6.07, 6.45) is 5.07. The Balaban J connectivity index is 2.30. The van der Waals surface area contributed by atoms with Crippen LogP contribution in [0.15, 0.2) is 12.4 Å². The van der Waals surface area contributed by atoms with E-state index < -0.39 is 0 Å². The Kier molecular flexibility index (Phi) is 4.96. The summed E-state index contributed by atoms with van der Waals surface area (Å²) in [4.78, 5) is 0. The van der Waals surface area contributed by atoms with Gasteiger partial charge < -0.3 is 10.1 Å². The van der Waals surface area contributed by atoms with Crippen molar-refractivity contribution in [1.29, 1.82) is 0 Å². The molecule has 0 bridgehead atoms. The highest BCUT2D eigenvalue weighted by Crippen LogP contribution is 2.12. The molecule has 0 saturated carbocycles. The standard InChI is InChI=1S/C12H23N3O/c1-12(2,3)15-10-11(9-14-15)8-13-6-5-7-16-4/h9-10,13H,5-8H2,1-4H3. The van der Waals surface area contributed by atoms with E-state index in [1.165, 1.54) is 5.56 Å². The molecule has 0 unspecified atom stereocenters. The van der Waals surface area contributed by atoms with E-state index in [1.807, 2.05) is 10.9 Å². The zero-order valence-corrected chi connectivity index (χ0v) is 10.8. The van der Waals surface area contributed by atoms with Crippen molar-refractivity contribution < 1.29 is 4.74 Å². The fraction of sp³-hybridized carbons (Fsp3) is 0.750. The van der Waals surface area contributed by atoms with Gasteiger partial charge in [-0.1, -0.05) is 0 Å². The minimum Gasteiger partial charge on any atom is -0.385 e. The normalized spacial score (nSPS) is 12.0. The Morgan fingerprint density at radius 2 is 2.19 bits per heavy atom. The minimum atomic E-state index is 0.0638. The molecule has 0 aliphatic carbocycles. The molecule has 16 heavy (non-hydrogen) atoms. The predicted molar refractivity (Wildman–Crippen MR) is 65.4 cm³/mol. The van der Waals surface area contributed by atoms with Gasteiger partial charge in [0.2, 0.25) is 0 Å². The van der Waals surface area contributed by atoms with Gasteiger partial charge in [0.15, 0.2) is 0 Å². The summed E-state index contributed by atoms with van der Waals surface area (Å²) < 4.78 is 6.99. The number of rotatable bonds is 6. The second-order valence-corrected chi connectivity index (χ2v) is 4.99. The maximum absolute atomic E-state index is 4.99. The zero-order valence-electron chi connectivity index (χ0n) is 10.8. The lowest BCUT2D eigenvalue weighted by molar-refractivity contribution is 0.194. The first-order valence-corrected chi connectivity index (χ1v) is 5.77. The average molecular weight is 225 g/mol. The monoisotopic (exact) mass is 225 g/mol. The molecular weight excluding hydrogens is 202 g/mol. The lowest BCUT2D eigenvalue weighted by atomic mass is 10.1. The SMILES string of the molecule is COCCCNCc1cnn(C(C)(C)C)c1. The molecular formula is C12H23N3O. The molecule has 0 aliphatic heterocycles. The van der Waals surface area contributed by atoms with Gasteiger partial charge in [-0.15, -0.1) is 0 Å². The molecule has 0 saturated heterocycles. The molecule has 1 aromatic heterocycles. The van der Waals surface area contributed by atoms with E-state index in [9.17, 15) is 0 Å². The second-order valence-electron chi connectivity index (χ2n) is 4.99. The molecule has 0 fully saturated rings. The van der Waals surface area contributed by atoms with Crippen LogP contribution in [0.1, 0.15) is 32.8 Å². The van der Waals surface area contributed by atoms with Gasteiger partial charge in [-0.05, 0) is 33.7 Å². The van der Waals surface area contributed by atoms with Crippen molar-refractivity contribution in [2.75, 3.05) is 20.3 Å². The third-order valence-corrected chi connectivity index (χ3v) is 2.35. The lowest BCUT2D eigenvalue weighted by Gasteiger charge is -2.18. The number of nitrogens with one attached hydrogen (secondary N) is 1. The molecule has 4 heteroatoms. The Labute approximate surface area is 98.0 Å². The van der Waals surface area contributed by atoms with Crippen LogP contribution in [0.3, 0.4) is 0 Å². The van der Waals surface area contributed by atoms with Crippen LogP contribution in [-0.2, 0) is 16.8 Å². The van der Waals surface area contributed by atoms with Crippen molar-refractivity contribution in [2.24, 2.45) is 0 Å². The first-order chi connectivity index (χ1) is 7.54. The van der Waals surface area contributed by atoms with Crippen molar-refractivity contribution >= 4 is 0 Å². The third kappa shape index (κ3) is 4.33. The fourth-order valence-electron chi connectivity index (χ4n) is 1.39. The summed E-state index contributed by atoms with van der Waals surface area (Å²) in [6.45, 7) is 9.12. The van der Waals surface area contributed by atoms with Crippen molar-refractivity contribution in [3.63, 3.8) is 0 Å². The van der Waals surface area contributed by atoms with Gasteiger partial charge in [0, 0.05) is 32.0 Å². The summed E-state index contributed by atoms with van der Waals surface area (Å²) in [5.41, 5.74) is 1.29. The molecule has 1 rings (SSSR count). The van der Waals surface area contributed by atoms with Crippen LogP contribution in [0, 0.1) is 0 Å². The maximum Gasteiger partial charge on any atom is 0.0543 e. The topological polar surface area (TPSA) is 39.1 Å². The summed E-state index contributed by atoms with van der Waals surface area (Å²) in [5, 5.41) is 7.72. The lowest BCUT2D eigenvalue weighted by Crippen LogP contribution is -2.22. The van der Waals surface area contributed by atoms with Crippen LogP contribution in [0.2, 0.25) is 0 Å².